The molecule has 0 radical (unpaired) electrons. The number of aryl methyl sites for hydroxylation is 1. The minimum Gasteiger partial charge on any atom is -0.337 e. The van der Waals surface area contributed by atoms with Gasteiger partial charge < -0.3 is 4.90 Å². The molecule has 1 amide bonds. The summed E-state index contributed by atoms with van der Waals surface area (Å²) in [5.74, 6) is -0.0539. The Balaban J connectivity index is 2.15. The molecule has 0 aliphatic rings. The van der Waals surface area contributed by atoms with E-state index in [0.29, 0.717) is 17.1 Å². The van der Waals surface area contributed by atoms with Crippen molar-refractivity contribution in [3.05, 3.63) is 52.3 Å². The van der Waals surface area contributed by atoms with E-state index in [-0.39, 0.29) is 5.91 Å². The molecule has 4 nitrogen and oxygen atoms in total. The van der Waals surface area contributed by atoms with Crippen LogP contribution in [0.3, 0.4) is 0 Å². The number of aromatic nitrogens is 2. The molecule has 0 atom stereocenters. The Kier molecular flexibility index (Phi) is 3.67. The lowest BCUT2D eigenvalue weighted by atomic mass is 10.1. The molecule has 0 saturated carbocycles. The van der Waals surface area contributed by atoms with Gasteiger partial charge in [0.2, 0.25) is 0 Å². The summed E-state index contributed by atoms with van der Waals surface area (Å²) in [7, 11) is 1.76. The summed E-state index contributed by atoms with van der Waals surface area (Å²) >= 11 is 5.96. The molecule has 1 aromatic heterocycles. The third kappa shape index (κ3) is 2.90. The third-order valence-corrected chi connectivity index (χ3v) is 2.83. The fourth-order valence-electron chi connectivity index (χ4n) is 1.79. The van der Waals surface area contributed by atoms with Gasteiger partial charge in [0.15, 0.2) is 0 Å². The fourth-order valence-corrected chi connectivity index (χ4v) is 2.08. The maximum Gasteiger partial charge on any atom is 0.253 e. The van der Waals surface area contributed by atoms with E-state index in [1.807, 2.05) is 19.1 Å². The van der Waals surface area contributed by atoms with Crippen LogP contribution in [0.15, 0.2) is 30.6 Å². The Hall–Kier alpha value is -1.81. The number of hydrogen-bond donors (Lipinski definition) is 1. The van der Waals surface area contributed by atoms with Crippen molar-refractivity contribution < 1.29 is 4.79 Å². The van der Waals surface area contributed by atoms with Crippen molar-refractivity contribution in [3.63, 3.8) is 0 Å². The Morgan fingerprint density at radius 2 is 2.22 bits per heavy atom. The lowest BCUT2D eigenvalue weighted by Gasteiger charge is -2.16. The zero-order valence-corrected chi connectivity index (χ0v) is 11.0. The van der Waals surface area contributed by atoms with E-state index >= 15 is 0 Å². The Bertz CT molecular complexity index is 531. The molecule has 18 heavy (non-hydrogen) atoms. The smallest absolute Gasteiger partial charge is 0.253 e. The van der Waals surface area contributed by atoms with Crippen LogP contribution in [0.4, 0.5) is 0 Å². The second kappa shape index (κ2) is 5.23. The number of carbonyl (C=O) groups excluding carboxylic acids is 1. The number of rotatable bonds is 3. The van der Waals surface area contributed by atoms with Crippen molar-refractivity contribution >= 4 is 17.5 Å². The van der Waals surface area contributed by atoms with Gasteiger partial charge in [-0.3, -0.25) is 9.89 Å². The number of aromatic amines is 1. The van der Waals surface area contributed by atoms with Crippen LogP contribution in [0.2, 0.25) is 5.02 Å². The Morgan fingerprint density at radius 1 is 1.44 bits per heavy atom. The molecular formula is C13H14ClN3O. The first-order chi connectivity index (χ1) is 8.56. The van der Waals surface area contributed by atoms with Crippen LogP contribution in [0, 0.1) is 6.92 Å². The summed E-state index contributed by atoms with van der Waals surface area (Å²) in [6.07, 6.45) is 3.47. The number of hydrogen-bond acceptors (Lipinski definition) is 2. The maximum absolute atomic E-state index is 12.2. The summed E-state index contributed by atoms with van der Waals surface area (Å²) in [6, 6.07) is 5.34. The largest absolute Gasteiger partial charge is 0.337 e. The summed E-state index contributed by atoms with van der Waals surface area (Å²) in [5.41, 5.74) is 2.54. The molecule has 2 rings (SSSR count). The second-order valence-electron chi connectivity index (χ2n) is 4.29. The molecular weight excluding hydrogens is 250 g/mol. The highest BCUT2D eigenvalue weighted by Crippen LogP contribution is 2.16. The van der Waals surface area contributed by atoms with Gasteiger partial charge in [-0.1, -0.05) is 11.6 Å². The van der Waals surface area contributed by atoms with E-state index in [0.717, 1.165) is 11.1 Å². The molecule has 0 unspecified atom stereocenters. The lowest BCUT2D eigenvalue weighted by Crippen LogP contribution is -2.26. The van der Waals surface area contributed by atoms with Crippen molar-refractivity contribution in [1.82, 2.24) is 15.1 Å². The molecule has 94 valence electrons. The summed E-state index contributed by atoms with van der Waals surface area (Å²) < 4.78 is 0. The van der Waals surface area contributed by atoms with E-state index < -0.39 is 0 Å². The topological polar surface area (TPSA) is 49.0 Å². The first-order valence-electron chi connectivity index (χ1n) is 5.56. The fraction of sp³-hybridized carbons (Fsp3) is 0.231. The first-order valence-corrected chi connectivity index (χ1v) is 5.94. The number of nitrogens with one attached hydrogen (secondary N) is 1. The van der Waals surface area contributed by atoms with Crippen molar-refractivity contribution in [2.75, 3.05) is 7.05 Å². The molecule has 1 aromatic carbocycles. The van der Waals surface area contributed by atoms with Crippen molar-refractivity contribution in [2.24, 2.45) is 0 Å². The Morgan fingerprint density at radius 3 is 2.83 bits per heavy atom. The summed E-state index contributed by atoms with van der Waals surface area (Å²) in [5, 5.41) is 7.15. The average Bonchev–Trinajstić information content (AvgIpc) is 2.79. The predicted molar refractivity (Wildman–Crippen MR) is 70.6 cm³/mol. The van der Waals surface area contributed by atoms with Crippen LogP contribution in [0.25, 0.3) is 0 Å². The van der Waals surface area contributed by atoms with Crippen LogP contribution in [0.5, 0.6) is 0 Å². The van der Waals surface area contributed by atoms with Gasteiger partial charge in [0.25, 0.3) is 5.91 Å². The molecule has 0 bridgehead atoms. The van der Waals surface area contributed by atoms with E-state index in [2.05, 4.69) is 10.2 Å². The van der Waals surface area contributed by atoms with Crippen molar-refractivity contribution in [3.8, 4) is 0 Å². The molecule has 1 N–H and O–H groups in total. The van der Waals surface area contributed by atoms with Gasteiger partial charge in [-0.05, 0) is 30.7 Å². The highest BCUT2D eigenvalue weighted by atomic mass is 35.5. The zero-order valence-electron chi connectivity index (χ0n) is 10.3. The lowest BCUT2D eigenvalue weighted by molar-refractivity contribution is 0.0785. The van der Waals surface area contributed by atoms with Gasteiger partial charge in [-0.2, -0.15) is 5.10 Å². The Labute approximate surface area is 111 Å². The number of halogens is 1. The monoisotopic (exact) mass is 263 g/mol. The number of carbonyl (C=O) groups is 1. The molecule has 2 aromatic rings. The highest BCUT2D eigenvalue weighted by molar-refractivity contribution is 6.31. The molecule has 0 spiro atoms. The van der Waals surface area contributed by atoms with Gasteiger partial charge in [-0.15, -0.1) is 0 Å². The number of nitrogens with zero attached hydrogens (tertiary/aromatic N) is 2. The third-order valence-electron chi connectivity index (χ3n) is 2.61. The van der Waals surface area contributed by atoms with Gasteiger partial charge >= 0.3 is 0 Å². The first kappa shape index (κ1) is 12.6. The number of H-pyrrole nitrogens is 1. The van der Waals surface area contributed by atoms with Gasteiger partial charge in [-0.25, -0.2) is 0 Å². The summed E-state index contributed by atoms with van der Waals surface area (Å²) in [4.78, 5) is 13.8. The van der Waals surface area contributed by atoms with Crippen molar-refractivity contribution in [1.29, 1.82) is 0 Å². The molecule has 0 saturated heterocycles. The number of benzene rings is 1. The van der Waals surface area contributed by atoms with Crippen LogP contribution >= 0.6 is 11.6 Å². The van der Waals surface area contributed by atoms with E-state index in [1.165, 1.54) is 0 Å². The second-order valence-corrected chi connectivity index (χ2v) is 4.72. The number of amides is 1. The minimum absolute atomic E-state index is 0.0539. The SMILES string of the molecule is Cc1cc(Cl)cc(C(=O)N(C)Cc2cn[nH]c2)c1. The van der Waals surface area contributed by atoms with Crippen molar-refractivity contribution in [2.45, 2.75) is 13.5 Å². The van der Waals surface area contributed by atoms with Gasteiger partial charge in [0.05, 0.1) is 6.20 Å². The quantitative estimate of drug-likeness (QED) is 0.926. The van der Waals surface area contributed by atoms with E-state index in [9.17, 15) is 4.79 Å². The normalized spacial score (nSPS) is 10.4. The van der Waals surface area contributed by atoms with Crippen LogP contribution < -0.4 is 0 Å². The molecule has 1 heterocycles. The zero-order chi connectivity index (χ0) is 13.1. The molecule has 0 aliphatic carbocycles. The predicted octanol–water partition coefficient (Wildman–Crippen LogP) is 2.64. The molecule has 0 aliphatic heterocycles. The van der Waals surface area contributed by atoms with E-state index in [1.54, 1.807) is 30.4 Å². The highest BCUT2D eigenvalue weighted by Gasteiger charge is 2.13. The standard InChI is InChI=1S/C13H14ClN3O/c1-9-3-11(5-12(14)4-9)13(18)17(2)8-10-6-15-16-7-10/h3-7H,8H2,1-2H3,(H,15,16). The average molecular weight is 264 g/mol. The van der Waals surface area contributed by atoms with Gasteiger partial charge in [0.1, 0.15) is 0 Å². The summed E-state index contributed by atoms with van der Waals surface area (Å²) in [6.45, 7) is 2.43. The van der Waals surface area contributed by atoms with Crippen LogP contribution in [-0.2, 0) is 6.54 Å². The minimum atomic E-state index is -0.0539. The maximum atomic E-state index is 12.2. The van der Waals surface area contributed by atoms with Crippen LogP contribution in [-0.4, -0.2) is 28.1 Å². The molecule has 5 heteroatoms. The molecule has 0 fully saturated rings. The van der Waals surface area contributed by atoms with Gasteiger partial charge in [0, 0.05) is 35.9 Å². The van der Waals surface area contributed by atoms with E-state index in [4.69, 9.17) is 11.6 Å². The van der Waals surface area contributed by atoms with Crippen LogP contribution in [0.1, 0.15) is 21.5 Å².